The molecule has 0 unspecified atom stereocenters. The Morgan fingerprint density at radius 3 is 2.28 bits per heavy atom. The van der Waals surface area contributed by atoms with Gasteiger partial charge in [0.2, 0.25) is 5.91 Å². The van der Waals surface area contributed by atoms with Gasteiger partial charge in [-0.2, -0.15) is 0 Å². The van der Waals surface area contributed by atoms with Crippen LogP contribution in [0.3, 0.4) is 0 Å². The molecule has 0 bridgehead atoms. The topological polar surface area (TPSA) is 88.5 Å². The van der Waals surface area contributed by atoms with E-state index in [4.69, 9.17) is 4.74 Å². The molecule has 0 atom stereocenters. The van der Waals surface area contributed by atoms with E-state index in [0.29, 0.717) is 30.0 Å². The van der Waals surface area contributed by atoms with E-state index in [1.807, 2.05) is 12.1 Å². The molecule has 0 radical (unpaired) electrons. The van der Waals surface area contributed by atoms with Crippen LogP contribution in [-0.4, -0.2) is 28.3 Å². The fourth-order valence-corrected chi connectivity index (χ4v) is 2.71. The zero-order chi connectivity index (χ0) is 20.5. The van der Waals surface area contributed by atoms with Crippen molar-refractivity contribution in [2.75, 3.05) is 6.54 Å². The van der Waals surface area contributed by atoms with Crippen molar-refractivity contribution in [1.29, 1.82) is 0 Å². The molecule has 6 nitrogen and oxygen atoms in total. The lowest BCUT2D eigenvalue weighted by molar-refractivity contribution is -0.121. The van der Waals surface area contributed by atoms with E-state index in [0.717, 1.165) is 5.56 Å². The van der Waals surface area contributed by atoms with E-state index >= 15 is 0 Å². The average molecular weight is 390 g/mol. The second-order valence-corrected chi connectivity index (χ2v) is 6.50. The van der Waals surface area contributed by atoms with E-state index in [1.165, 1.54) is 12.1 Å². The summed E-state index contributed by atoms with van der Waals surface area (Å²) in [6, 6.07) is 17.0. The number of aromatic hydroxyl groups is 1. The summed E-state index contributed by atoms with van der Waals surface area (Å²) in [4.78, 5) is 28.3. The first kappa shape index (κ1) is 20.1. The SMILES string of the molecule is O=C(CCC(=O)c1ccc(Oc2ccc(O)cc2)cc1)NCCc1cccnc1. The monoisotopic (exact) mass is 390 g/mol. The summed E-state index contributed by atoms with van der Waals surface area (Å²) in [5.41, 5.74) is 1.59. The van der Waals surface area contributed by atoms with Crippen molar-refractivity contribution < 1.29 is 19.4 Å². The predicted molar refractivity (Wildman–Crippen MR) is 109 cm³/mol. The molecule has 1 amide bonds. The molecule has 0 aliphatic carbocycles. The number of hydrogen-bond donors (Lipinski definition) is 2. The number of ether oxygens (including phenoxy) is 1. The molecule has 2 aromatic carbocycles. The summed E-state index contributed by atoms with van der Waals surface area (Å²) in [6.45, 7) is 0.516. The number of hydrogen-bond acceptors (Lipinski definition) is 5. The van der Waals surface area contributed by atoms with Crippen LogP contribution in [0.4, 0.5) is 0 Å². The molecular formula is C23H22N2O4. The minimum absolute atomic E-state index is 0.0939. The molecule has 148 valence electrons. The van der Waals surface area contributed by atoms with Crippen LogP contribution in [0.5, 0.6) is 17.2 Å². The van der Waals surface area contributed by atoms with Crippen LogP contribution < -0.4 is 10.1 Å². The number of rotatable bonds is 9. The highest BCUT2D eigenvalue weighted by Crippen LogP contribution is 2.23. The van der Waals surface area contributed by atoms with Gasteiger partial charge >= 0.3 is 0 Å². The summed E-state index contributed by atoms with van der Waals surface area (Å²) in [7, 11) is 0. The number of carbonyl (C=O) groups is 2. The van der Waals surface area contributed by atoms with Crippen molar-refractivity contribution in [2.45, 2.75) is 19.3 Å². The number of pyridine rings is 1. The minimum Gasteiger partial charge on any atom is -0.508 e. The Balaban J connectivity index is 1.41. The summed E-state index contributed by atoms with van der Waals surface area (Å²) in [5, 5.41) is 12.1. The Morgan fingerprint density at radius 2 is 1.62 bits per heavy atom. The van der Waals surface area contributed by atoms with Gasteiger partial charge in [0.1, 0.15) is 17.2 Å². The van der Waals surface area contributed by atoms with Gasteiger partial charge in [0, 0.05) is 37.3 Å². The highest BCUT2D eigenvalue weighted by Gasteiger charge is 2.10. The van der Waals surface area contributed by atoms with Crippen molar-refractivity contribution in [3.8, 4) is 17.2 Å². The van der Waals surface area contributed by atoms with Crippen LogP contribution in [0.2, 0.25) is 0 Å². The van der Waals surface area contributed by atoms with Crippen molar-refractivity contribution in [1.82, 2.24) is 10.3 Å². The number of nitrogens with one attached hydrogen (secondary N) is 1. The third-order valence-corrected chi connectivity index (χ3v) is 4.29. The normalized spacial score (nSPS) is 10.3. The number of phenols is 1. The maximum Gasteiger partial charge on any atom is 0.220 e. The second kappa shape index (κ2) is 10.0. The van der Waals surface area contributed by atoms with Crippen LogP contribution in [0.15, 0.2) is 73.1 Å². The standard InChI is InChI=1S/C23H22N2O4/c26-19-5-9-21(10-6-19)29-20-7-3-18(4-8-20)22(27)11-12-23(28)25-15-13-17-2-1-14-24-16-17/h1-10,14,16,26H,11-13,15H2,(H,25,28). The molecule has 2 N–H and O–H groups in total. The van der Waals surface area contributed by atoms with Gasteiger partial charge in [0.15, 0.2) is 5.78 Å². The molecule has 29 heavy (non-hydrogen) atoms. The lowest BCUT2D eigenvalue weighted by Crippen LogP contribution is -2.26. The molecule has 0 saturated heterocycles. The minimum atomic E-state index is -0.144. The Hall–Kier alpha value is -3.67. The van der Waals surface area contributed by atoms with E-state index in [2.05, 4.69) is 10.3 Å². The number of benzene rings is 2. The molecule has 0 aliphatic heterocycles. The van der Waals surface area contributed by atoms with Crippen molar-refractivity contribution >= 4 is 11.7 Å². The zero-order valence-corrected chi connectivity index (χ0v) is 15.9. The first-order valence-corrected chi connectivity index (χ1v) is 9.36. The fraction of sp³-hybridized carbons (Fsp3) is 0.174. The largest absolute Gasteiger partial charge is 0.508 e. The molecule has 1 aromatic heterocycles. The van der Waals surface area contributed by atoms with Gasteiger partial charge < -0.3 is 15.2 Å². The number of carbonyl (C=O) groups excluding carboxylic acids is 2. The van der Waals surface area contributed by atoms with Gasteiger partial charge in [0.05, 0.1) is 0 Å². The maximum atomic E-state index is 12.3. The highest BCUT2D eigenvalue weighted by molar-refractivity contribution is 5.98. The van der Waals surface area contributed by atoms with E-state index in [-0.39, 0.29) is 30.3 Å². The third kappa shape index (κ3) is 6.46. The molecule has 0 spiro atoms. The van der Waals surface area contributed by atoms with Gasteiger partial charge in [-0.1, -0.05) is 6.07 Å². The van der Waals surface area contributed by atoms with Gasteiger partial charge in [-0.25, -0.2) is 0 Å². The van der Waals surface area contributed by atoms with Gasteiger partial charge in [-0.05, 0) is 66.6 Å². The lowest BCUT2D eigenvalue weighted by atomic mass is 10.1. The van der Waals surface area contributed by atoms with Crippen LogP contribution in [0.25, 0.3) is 0 Å². The number of Topliss-reactive ketones (excluding diaryl/α,β-unsaturated/α-hetero) is 1. The van der Waals surface area contributed by atoms with Gasteiger partial charge in [0.25, 0.3) is 0 Å². The molecule has 3 aromatic rings. The summed E-state index contributed by atoms with van der Waals surface area (Å²) in [6.07, 6.45) is 4.48. The number of amides is 1. The number of aromatic nitrogens is 1. The predicted octanol–water partition coefficient (Wildman–Crippen LogP) is 3.90. The van der Waals surface area contributed by atoms with E-state index in [1.54, 1.807) is 48.8 Å². The maximum absolute atomic E-state index is 12.3. The van der Waals surface area contributed by atoms with Crippen molar-refractivity contribution in [3.63, 3.8) is 0 Å². The first-order valence-electron chi connectivity index (χ1n) is 9.36. The van der Waals surface area contributed by atoms with Crippen molar-refractivity contribution in [2.24, 2.45) is 0 Å². The Bertz CT molecular complexity index is 939. The number of nitrogens with zero attached hydrogens (tertiary/aromatic N) is 1. The summed E-state index contributed by atoms with van der Waals surface area (Å²) < 4.78 is 5.66. The van der Waals surface area contributed by atoms with E-state index in [9.17, 15) is 14.7 Å². The van der Waals surface area contributed by atoms with Crippen molar-refractivity contribution in [3.05, 3.63) is 84.2 Å². The van der Waals surface area contributed by atoms with Crippen LogP contribution in [0.1, 0.15) is 28.8 Å². The first-order chi connectivity index (χ1) is 14.1. The second-order valence-electron chi connectivity index (χ2n) is 6.50. The van der Waals surface area contributed by atoms with Crippen LogP contribution in [0, 0.1) is 0 Å². The van der Waals surface area contributed by atoms with Crippen LogP contribution >= 0.6 is 0 Å². The van der Waals surface area contributed by atoms with Gasteiger partial charge in [-0.3, -0.25) is 14.6 Å². The van der Waals surface area contributed by atoms with E-state index < -0.39 is 0 Å². The van der Waals surface area contributed by atoms with Crippen LogP contribution in [-0.2, 0) is 11.2 Å². The highest BCUT2D eigenvalue weighted by atomic mass is 16.5. The quantitative estimate of drug-likeness (QED) is 0.541. The smallest absolute Gasteiger partial charge is 0.220 e. The molecule has 0 saturated carbocycles. The third-order valence-electron chi connectivity index (χ3n) is 4.29. The molecule has 6 heteroatoms. The lowest BCUT2D eigenvalue weighted by Gasteiger charge is -2.07. The number of phenolic OH excluding ortho intramolecular Hbond substituents is 1. The summed E-state index contributed by atoms with van der Waals surface area (Å²) >= 11 is 0. The molecular weight excluding hydrogens is 368 g/mol. The Kier molecular flexibility index (Phi) is 6.95. The van der Waals surface area contributed by atoms with Gasteiger partial charge in [-0.15, -0.1) is 0 Å². The summed E-state index contributed by atoms with van der Waals surface area (Å²) in [5.74, 6) is 1.10. The fourth-order valence-electron chi connectivity index (χ4n) is 2.71. The Labute approximate surface area is 169 Å². The molecule has 0 fully saturated rings. The molecule has 1 heterocycles. The average Bonchev–Trinajstić information content (AvgIpc) is 2.75. The zero-order valence-electron chi connectivity index (χ0n) is 15.9. The molecule has 3 rings (SSSR count). The number of ketones is 1. The molecule has 0 aliphatic rings. The Morgan fingerprint density at radius 1 is 0.931 bits per heavy atom.